The summed E-state index contributed by atoms with van der Waals surface area (Å²) in [7, 11) is 0. The van der Waals surface area contributed by atoms with Gasteiger partial charge in [-0.1, -0.05) is 0 Å². The third-order valence-electron chi connectivity index (χ3n) is 3.39. The Balaban J connectivity index is 1.77. The van der Waals surface area contributed by atoms with Gasteiger partial charge in [-0.05, 0) is 12.8 Å². The van der Waals surface area contributed by atoms with E-state index in [1.54, 1.807) is 0 Å². The first-order valence-corrected chi connectivity index (χ1v) is 6.03. The van der Waals surface area contributed by atoms with E-state index >= 15 is 0 Å². The van der Waals surface area contributed by atoms with Crippen LogP contribution in [0.3, 0.4) is 0 Å². The van der Waals surface area contributed by atoms with Crippen LogP contribution in [0.15, 0.2) is 11.5 Å². The lowest BCUT2D eigenvalue weighted by Crippen LogP contribution is -2.57. The van der Waals surface area contributed by atoms with Crippen molar-refractivity contribution in [2.24, 2.45) is 5.73 Å². The van der Waals surface area contributed by atoms with Gasteiger partial charge in [0.2, 0.25) is 0 Å². The van der Waals surface area contributed by atoms with E-state index in [2.05, 4.69) is 16.0 Å². The van der Waals surface area contributed by atoms with E-state index in [4.69, 9.17) is 15.6 Å². The molecule has 3 heterocycles. The number of amides is 1. The van der Waals surface area contributed by atoms with Gasteiger partial charge in [0.15, 0.2) is 6.29 Å². The number of aliphatic hydroxyl groups is 1. The summed E-state index contributed by atoms with van der Waals surface area (Å²) < 4.78 is 5.70. The van der Waals surface area contributed by atoms with Crippen LogP contribution in [0.2, 0.25) is 0 Å². The van der Waals surface area contributed by atoms with E-state index in [1.807, 2.05) is 4.90 Å². The minimum atomic E-state index is -0.589. The highest BCUT2D eigenvalue weighted by atomic mass is 16.5. The van der Waals surface area contributed by atoms with Gasteiger partial charge in [0.25, 0.3) is 5.91 Å². The van der Waals surface area contributed by atoms with Crippen molar-refractivity contribution in [3.8, 4) is 0 Å². The highest BCUT2D eigenvalue weighted by molar-refractivity contribution is 5.94. The summed E-state index contributed by atoms with van der Waals surface area (Å²) in [4.78, 5) is 13.6. The molecule has 0 aromatic carbocycles. The van der Waals surface area contributed by atoms with Gasteiger partial charge in [-0.2, -0.15) is 0 Å². The number of nitrogens with one attached hydrogen (secondary N) is 3. The summed E-state index contributed by atoms with van der Waals surface area (Å²) in [6.45, 7) is 0.526. The molecule has 3 rings (SSSR count). The molecule has 18 heavy (non-hydrogen) atoms. The largest absolute Gasteiger partial charge is 0.394 e. The zero-order valence-corrected chi connectivity index (χ0v) is 9.85. The van der Waals surface area contributed by atoms with Crippen LogP contribution in [0.25, 0.3) is 0 Å². The van der Waals surface area contributed by atoms with Gasteiger partial charge in [-0.15, -0.1) is 0 Å². The van der Waals surface area contributed by atoms with Crippen molar-refractivity contribution < 1.29 is 14.6 Å². The molecule has 0 aromatic heterocycles. The third-order valence-corrected chi connectivity index (χ3v) is 3.39. The predicted molar refractivity (Wildman–Crippen MR) is 61.1 cm³/mol. The first-order valence-electron chi connectivity index (χ1n) is 6.03. The van der Waals surface area contributed by atoms with Gasteiger partial charge in [0, 0.05) is 0 Å². The molecule has 1 unspecified atom stereocenters. The summed E-state index contributed by atoms with van der Waals surface area (Å²) >= 11 is 0. The Morgan fingerprint density at radius 1 is 1.44 bits per heavy atom. The fourth-order valence-electron chi connectivity index (χ4n) is 2.51. The van der Waals surface area contributed by atoms with Crippen molar-refractivity contribution in [3.05, 3.63) is 11.5 Å². The number of rotatable bonds is 2. The predicted octanol–water partition coefficient (Wildman–Crippen LogP) is -2.52. The average molecular weight is 255 g/mol. The van der Waals surface area contributed by atoms with Gasteiger partial charge in [-0.3, -0.25) is 10.5 Å². The molecule has 0 aromatic rings. The minimum absolute atomic E-state index is 0.0249. The first-order chi connectivity index (χ1) is 8.69. The first kappa shape index (κ1) is 11.6. The second kappa shape index (κ2) is 4.30. The molecule has 3 aliphatic rings. The molecular formula is C10H17N5O3. The molecule has 0 radical (unpaired) electrons. The van der Waals surface area contributed by atoms with Crippen molar-refractivity contribution in [1.82, 2.24) is 20.9 Å². The van der Waals surface area contributed by atoms with Crippen LogP contribution in [0, 0.1) is 0 Å². The Bertz CT molecular complexity index is 399. The second-order valence-electron chi connectivity index (χ2n) is 4.60. The molecule has 0 spiro atoms. The van der Waals surface area contributed by atoms with E-state index in [1.165, 1.54) is 0 Å². The molecule has 3 atom stereocenters. The van der Waals surface area contributed by atoms with E-state index in [0.717, 1.165) is 12.8 Å². The molecule has 1 saturated heterocycles. The van der Waals surface area contributed by atoms with Crippen LogP contribution in [-0.2, 0) is 9.53 Å². The molecule has 0 saturated carbocycles. The van der Waals surface area contributed by atoms with E-state index < -0.39 is 6.29 Å². The number of hydrogen-bond acceptors (Lipinski definition) is 7. The van der Waals surface area contributed by atoms with Crippen LogP contribution >= 0.6 is 0 Å². The lowest BCUT2D eigenvalue weighted by molar-refractivity contribution is -0.119. The molecule has 8 nitrogen and oxygen atoms in total. The molecule has 3 aliphatic heterocycles. The van der Waals surface area contributed by atoms with Gasteiger partial charge < -0.3 is 30.7 Å². The van der Waals surface area contributed by atoms with Crippen molar-refractivity contribution >= 4 is 5.91 Å². The van der Waals surface area contributed by atoms with E-state index in [9.17, 15) is 4.79 Å². The number of nitrogens with two attached hydrogens (primary N) is 1. The maximum Gasteiger partial charge on any atom is 0.273 e. The Hall–Kier alpha value is -1.51. The van der Waals surface area contributed by atoms with E-state index in [-0.39, 0.29) is 24.8 Å². The maximum absolute atomic E-state index is 11.7. The fourth-order valence-corrected chi connectivity index (χ4v) is 2.51. The van der Waals surface area contributed by atoms with E-state index in [0.29, 0.717) is 18.2 Å². The zero-order chi connectivity index (χ0) is 12.7. The normalized spacial score (nSPS) is 35.1. The van der Waals surface area contributed by atoms with Crippen LogP contribution in [-0.4, -0.2) is 47.8 Å². The number of hydrogen-bond donors (Lipinski definition) is 5. The summed E-state index contributed by atoms with van der Waals surface area (Å²) in [5.74, 6) is 0.463. The fraction of sp³-hybridized carbons (Fsp3) is 0.700. The van der Waals surface area contributed by atoms with Gasteiger partial charge >= 0.3 is 0 Å². The molecule has 100 valence electrons. The summed E-state index contributed by atoms with van der Waals surface area (Å²) in [5, 5.41) is 17.7. The Labute approximate surface area is 104 Å². The van der Waals surface area contributed by atoms with Crippen LogP contribution in [0.1, 0.15) is 12.8 Å². The zero-order valence-electron chi connectivity index (χ0n) is 9.85. The molecule has 8 heteroatoms. The van der Waals surface area contributed by atoms with Crippen molar-refractivity contribution in [2.45, 2.75) is 31.5 Å². The smallest absolute Gasteiger partial charge is 0.273 e. The standard InChI is InChI=1S/C10H17N5O3/c11-10-13-8-7(9(17)14-10)12-4-15(8)6-2-1-5(3-16)18-6/h5-6,10,12-13,16H,1-4,11H2,(H,14,17)/t5-,6+,10?/m0/s1. The number of carbonyl (C=O) groups excluding carboxylic acids is 1. The Kier molecular flexibility index (Phi) is 2.77. The summed E-state index contributed by atoms with van der Waals surface area (Å²) in [6.07, 6.45) is 0.799. The quantitative estimate of drug-likeness (QED) is 0.370. The van der Waals surface area contributed by atoms with Crippen LogP contribution < -0.4 is 21.7 Å². The van der Waals surface area contributed by atoms with Crippen molar-refractivity contribution in [1.29, 1.82) is 0 Å². The van der Waals surface area contributed by atoms with Crippen LogP contribution in [0.4, 0.5) is 0 Å². The number of aliphatic hydroxyl groups excluding tert-OH is 1. The SMILES string of the molecule is NC1NC(=O)C2=C(N1)N([C@H]1CC[C@@H](CO)O1)CN2. The molecule has 0 bridgehead atoms. The molecule has 6 N–H and O–H groups in total. The molecule has 1 fully saturated rings. The second-order valence-corrected chi connectivity index (χ2v) is 4.60. The number of nitrogens with zero attached hydrogens (tertiary/aromatic N) is 1. The summed E-state index contributed by atoms with van der Waals surface area (Å²) in [5.41, 5.74) is 6.18. The van der Waals surface area contributed by atoms with Gasteiger partial charge in [0.1, 0.15) is 17.7 Å². The monoisotopic (exact) mass is 255 g/mol. The van der Waals surface area contributed by atoms with Gasteiger partial charge in [0.05, 0.1) is 19.4 Å². The highest BCUT2D eigenvalue weighted by Gasteiger charge is 2.39. The Morgan fingerprint density at radius 3 is 3.00 bits per heavy atom. The van der Waals surface area contributed by atoms with Gasteiger partial charge in [-0.25, -0.2) is 0 Å². The third kappa shape index (κ3) is 1.78. The lowest BCUT2D eigenvalue weighted by Gasteiger charge is -2.31. The topological polar surface area (TPSA) is 112 Å². The number of ether oxygens (including phenoxy) is 1. The maximum atomic E-state index is 11.7. The van der Waals surface area contributed by atoms with Crippen molar-refractivity contribution in [3.63, 3.8) is 0 Å². The Morgan fingerprint density at radius 2 is 2.28 bits per heavy atom. The molecular weight excluding hydrogens is 238 g/mol. The highest BCUT2D eigenvalue weighted by Crippen LogP contribution is 2.27. The summed E-state index contributed by atoms with van der Waals surface area (Å²) in [6, 6.07) is 0. The minimum Gasteiger partial charge on any atom is -0.394 e. The molecule has 0 aliphatic carbocycles. The number of carbonyl (C=O) groups is 1. The lowest BCUT2D eigenvalue weighted by atomic mass is 10.2. The molecule has 1 amide bonds. The average Bonchev–Trinajstić information content (AvgIpc) is 2.93. The van der Waals surface area contributed by atoms with Crippen molar-refractivity contribution in [2.75, 3.05) is 13.3 Å². The van der Waals surface area contributed by atoms with Crippen LogP contribution in [0.5, 0.6) is 0 Å².